The van der Waals surface area contributed by atoms with Crippen LogP contribution in [0.25, 0.3) is 32.9 Å². The summed E-state index contributed by atoms with van der Waals surface area (Å²) in [5, 5.41) is 1.73. The molecule has 1 aromatic heterocycles. The molecule has 0 aliphatic carbocycles. The molecule has 1 heterocycles. The van der Waals surface area contributed by atoms with E-state index in [0.29, 0.717) is 26.8 Å². The number of nitrogens with zero attached hydrogens (tertiary/aromatic N) is 1. The summed E-state index contributed by atoms with van der Waals surface area (Å²) >= 11 is 6.00. The predicted octanol–water partition coefficient (Wildman–Crippen LogP) is 7.22. The van der Waals surface area contributed by atoms with Gasteiger partial charge in [0.2, 0.25) is 5.91 Å². The van der Waals surface area contributed by atoms with E-state index < -0.39 is 23.5 Å². The first-order valence-electron chi connectivity index (χ1n) is 10.5. The molecule has 0 fully saturated rings. The molecule has 5 aromatic rings. The highest BCUT2D eigenvalue weighted by Crippen LogP contribution is 2.36. The van der Waals surface area contributed by atoms with E-state index >= 15 is 0 Å². The molecule has 0 aliphatic rings. The lowest BCUT2D eigenvalue weighted by Gasteiger charge is -2.13. The van der Waals surface area contributed by atoms with Gasteiger partial charge in [0.05, 0.1) is 16.6 Å². The Morgan fingerprint density at radius 3 is 2.40 bits per heavy atom. The van der Waals surface area contributed by atoms with Crippen LogP contribution in [0.5, 0.6) is 0 Å². The van der Waals surface area contributed by atoms with Crippen molar-refractivity contribution in [3.63, 3.8) is 0 Å². The second-order valence-corrected chi connectivity index (χ2v) is 8.55. The highest BCUT2D eigenvalue weighted by molar-refractivity contribution is 6.30. The van der Waals surface area contributed by atoms with Gasteiger partial charge in [0.15, 0.2) is 0 Å². The molecule has 1 amide bonds. The van der Waals surface area contributed by atoms with Gasteiger partial charge in [-0.2, -0.15) is 13.2 Å². The maximum atomic E-state index is 13.9. The fourth-order valence-electron chi connectivity index (χ4n) is 4.31. The number of nitrogens with two attached hydrogens (primary N) is 1. The summed E-state index contributed by atoms with van der Waals surface area (Å²) in [6, 6.07) is 22.0. The lowest BCUT2D eigenvalue weighted by atomic mass is 10.0. The van der Waals surface area contributed by atoms with Gasteiger partial charge in [-0.05, 0) is 71.3 Å². The molecule has 2 N–H and O–H groups in total. The van der Waals surface area contributed by atoms with Crippen molar-refractivity contribution in [3.8, 4) is 11.1 Å². The Bertz CT molecular complexity index is 1600. The zero-order chi connectivity index (χ0) is 24.9. The van der Waals surface area contributed by atoms with Gasteiger partial charge in [-0.1, -0.05) is 35.9 Å². The third kappa shape index (κ3) is 4.12. The number of benzene rings is 4. The number of amides is 1. The van der Waals surface area contributed by atoms with Crippen LogP contribution in [0.2, 0.25) is 5.02 Å². The van der Waals surface area contributed by atoms with Gasteiger partial charge in [0, 0.05) is 27.9 Å². The Labute approximate surface area is 202 Å². The van der Waals surface area contributed by atoms with Crippen LogP contribution in [0.15, 0.2) is 72.8 Å². The molecule has 0 unspecified atom stereocenters. The summed E-state index contributed by atoms with van der Waals surface area (Å²) < 4.78 is 55.6. The van der Waals surface area contributed by atoms with Crippen LogP contribution < -0.4 is 5.73 Å². The first-order chi connectivity index (χ1) is 16.6. The van der Waals surface area contributed by atoms with E-state index in [4.69, 9.17) is 17.3 Å². The summed E-state index contributed by atoms with van der Waals surface area (Å²) in [6.07, 6.45) is -4.82. The smallest absolute Gasteiger partial charge is 0.366 e. The minimum atomic E-state index is -4.82. The molecule has 0 saturated heterocycles. The van der Waals surface area contributed by atoms with E-state index in [1.165, 1.54) is 6.07 Å². The Morgan fingerprint density at radius 1 is 0.971 bits per heavy atom. The molecule has 175 valence electrons. The van der Waals surface area contributed by atoms with Gasteiger partial charge in [-0.25, -0.2) is 4.39 Å². The van der Waals surface area contributed by atoms with E-state index in [9.17, 15) is 22.4 Å². The summed E-state index contributed by atoms with van der Waals surface area (Å²) in [7, 11) is 0. The molecule has 8 heteroatoms. The minimum Gasteiger partial charge on any atom is -0.366 e. The first-order valence-corrected chi connectivity index (χ1v) is 10.9. The van der Waals surface area contributed by atoms with Gasteiger partial charge in [-0.15, -0.1) is 0 Å². The average Bonchev–Trinajstić information content (AvgIpc) is 3.13. The Morgan fingerprint density at radius 2 is 1.71 bits per heavy atom. The summed E-state index contributed by atoms with van der Waals surface area (Å²) in [6.45, 7) is 0.00346. The van der Waals surface area contributed by atoms with Crippen LogP contribution in [0.3, 0.4) is 0 Å². The van der Waals surface area contributed by atoms with Crippen LogP contribution in [0.4, 0.5) is 17.6 Å². The van der Waals surface area contributed by atoms with E-state index in [2.05, 4.69) is 6.07 Å². The van der Waals surface area contributed by atoms with Gasteiger partial charge in [0.25, 0.3) is 0 Å². The normalized spacial score (nSPS) is 11.9. The molecule has 3 nitrogen and oxygen atoms in total. The van der Waals surface area contributed by atoms with Gasteiger partial charge < -0.3 is 10.3 Å². The van der Waals surface area contributed by atoms with E-state index in [0.717, 1.165) is 23.3 Å². The van der Waals surface area contributed by atoms with Gasteiger partial charge >= 0.3 is 6.18 Å². The lowest BCUT2D eigenvalue weighted by Crippen LogP contribution is -2.11. The maximum absolute atomic E-state index is 13.9. The van der Waals surface area contributed by atoms with Crippen LogP contribution in [-0.2, 0) is 12.7 Å². The van der Waals surface area contributed by atoms with Crippen molar-refractivity contribution in [2.75, 3.05) is 0 Å². The average molecular weight is 496 g/mol. The fourth-order valence-corrected chi connectivity index (χ4v) is 4.44. The number of halogens is 5. The maximum Gasteiger partial charge on any atom is 0.419 e. The molecule has 0 bridgehead atoms. The standard InChI is InChI=1S/C27H16ClF4N2O/c28-18-8-5-16(6-9-18)17-7-10-19-24(13-17)34(23-3-1-2-20(25(19)23)26(33)35)14-15-4-11-22(29)21(12-15)27(30,31)32/h1-9,11-13H,14H2,(H2,33,35). The quantitative estimate of drug-likeness (QED) is 0.263. The molecular formula is C27H16ClF4N2O. The number of carbonyl (C=O) groups excluding carboxylic acids is 1. The monoisotopic (exact) mass is 495 g/mol. The van der Waals surface area contributed by atoms with E-state index in [1.807, 2.05) is 18.2 Å². The molecule has 4 aromatic carbocycles. The number of alkyl halides is 3. The van der Waals surface area contributed by atoms with Gasteiger partial charge in [0.1, 0.15) is 5.82 Å². The van der Waals surface area contributed by atoms with Crippen LogP contribution in [-0.4, -0.2) is 10.5 Å². The number of rotatable bonds is 4. The van der Waals surface area contributed by atoms with Crippen molar-refractivity contribution >= 4 is 39.3 Å². The van der Waals surface area contributed by atoms with E-state index in [1.54, 1.807) is 41.0 Å². The molecule has 0 saturated carbocycles. The molecule has 35 heavy (non-hydrogen) atoms. The second kappa shape index (κ2) is 8.43. The second-order valence-electron chi connectivity index (χ2n) is 8.12. The molecule has 1 radical (unpaired) electrons. The molecule has 0 atom stereocenters. The Kier molecular flexibility index (Phi) is 5.52. The van der Waals surface area contributed by atoms with Crippen molar-refractivity contribution in [2.45, 2.75) is 12.7 Å². The predicted molar refractivity (Wildman–Crippen MR) is 128 cm³/mol. The van der Waals surface area contributed by atoms with Gasteiger partial charge in [-0.3, -0.25) is 4.79 Å². The van der Waals surface area contributed by atoms with Crippen molar-refractivity contribution in [1.29, 1.82) is 0 Å². The summed E-state index contributed by atoms with van der Waals surface area (Å²) in [5.41, 5.74) is 7.70. The van der Waals surface area contributed by atoms with Crippen LogP contribution in [0.1, 0.15) is 21.5 Å². The SMILES string of the molecule is NC(=O)c1cccc2c1c1[c]cc(-c3ccc(Cl)cc3)cc1n2Cc1ccc(F)c(C(F)(F)F)c1. The number of aromatic nitrogens is 1. The van der Waals surface area contributed by atoms with Crippen LogP contribution >= 0.6 is 11.6 Å². The number of fused-ring (bicyclic) bond motifs is 3. The van der Waals surface area contributed by atoms with E-state index in [-0.39, 0.29) is 17.7 Å². The molecular weight excluding hydrogens is 480 g/mol. The van der Waals surface area contributed by atoms with Crippen molar-refractivity contribution in [1.82, 2.24) is 4.57 Å². The Hall–Kier alpha value is -3.84. The van der Waals surface area contributed by atoms with Crippen molar-refractivity contribution < 1.29 is 22.4 Å². The molecule has 0 aliphatic heterocycles. The number of carbonyl (C=O) groups is 1. The Balaban J connectivity index is 1.76. The lowest BCUT2D eigenvalue weighted by molar-refractivity contribution is -0.140. The molecule has 5 rings (SSSR count). The highest BCUT2D eigenvalue weighted by Gasteiger charge is 2.34. The molecule has 0 spiro atoms. The largest absolute Gasteiger partial charge is 0.419 e. The zero-order valence-corrected chi connectivity index (χ0v) is 18.7. The topological polar surface area (TPSA) is 48.0 Å². The number of hydrogen-bond donors (Lipinski definition) is 1. The van der Waals surface area contributed by atoms with Crippen molar-refractivity contribution in [2.24, 2.45) is 5.73 Å². The first kappa shape index (κ1) is 22.9. The summed E-state index contributed by atoms with van der Waals surface area (Å²) in [4.78, 5) is 12.2. The fraction of sp³-hybridized carbons (Fsp3) is 0.0741. The number of hydrogen-bond acceptors (Lipinski definition) is 1. The zero-order valence-electron chi connectivity index (χ0n) is 18.0. The number of primary amides is 1. The third-order valence-electron chi connectivity index (χ3n) is 5.91. The minimum absolute atomic E-state index is 0.00346. The third-order valence-corrected chi connectivity index (χ3v) is 6.17. The van der Waals surface area contributed by atoms with Crippen LogP contribution in [0, 0.1) is 11.9 Å². The van der Waals surface area contributed by atoms with Crippen molar-refractivity contribution in [3.05, 3.63) is 106 Å². The highest BCUT2D eigenvalue weighted by atomic mass is 35.5. The summed E-state index contributed by atoms with van der Waals surface area (Å²) in [5.74, 6) is -1.97.